The van der Waals surface area contributed by atoms with Crippen LogP contribution in [0.3, 0.4) is 0 Å². The Morgan fingerprint density at radius 3 is 2.67 bits per heavy atom. The fraction of sp³-hybridized carbons (Fsp3) is 0.250. The van der Waals surface area contributed by atoms with Crippen molar-refractivity contribution in [3.8, 4) is 0 Å². The van der Waals surface area contributed by atoms with Gasteiger partial charge in [-0.1, -0.05) is 30.3 Å². The number of hydrogen-bond donors (Lipinski definition) is 1. The summed E-state index contributed by atoms with van der Waals surface area (Å²) < 4.78 is 37.6. The lowest BCUT2D eigenvalue weighted by molar-refractivity contribution is 0.487. The van der Waals surface area contributed by atoms with Crippen molar-refractivity contribution in [1.82, 2.24) is 5.32 Å². The largest absolute Gasteiger partial charge is 0.306 e. The van der Waals surface area contributed by atoms with Crippen molar-refractivity contribution in [3.05, 3.63) is 65.5 Å². The molecule has 0 amide bonds. The maximum atomic E-state index is 13.5. The average molecular weight is 305 g/mol. The van der Waals surface area contributed by atoms with Crippen molar-refractivity contribution in [2.24, 2.45) is 0 Å². The van der Waals surface area contributed by atoms with Crippen LogP contribution in [0.5, 0.6) is 0 Å². The van der Waals surface area contributed by atoms with E-state index in [2.05, 4.69) is 5.32 Å². The summed E-state index contributed by atoms with van der Waals surface area (Å²) in [7, 11) is -3.28. The molecule has 1 aliphatic heterocycles. The Balaban J connectivity index is 1.86. The second kappa shape index (κ2) is 5.58. The smallest absolute Gasteiger partial charge is 0.178 e. The molecule has 1 heterocycles. The van der Waals surface area contributed by atoms with Crippen molar-refractivity contribution in [1.29, 1.82) is 0 Å². The molecule has 1 atom stereocenters. The number of rotatable bonds is 3. The van der Waals surface area contributed by atoms with Crippen molar-refractivity contribution in [3.63, 3.8) is 0 Å². The minimum absolute atomic E-state index is 0.0953. The molecule has 0 spiro atoms. The normalized spacial score (nSPS) is 20.0. The van der Waals surface area contributed by atoms with Gasteiger partial charge in [-0.2, -0.15) is 0 Å². The molecule has 5 heteroatoms. The summed E-state index contributed by atoms with van der Waals surface area (Å²) in [5.41, 5.74) is 1.65. The fourth-order valence-electron chi connectivity index (χ4n) is 2.66. The van der Waals surface area contributed by atoms with Crippen LogP contribution in [0.1, 0.15) is 23.6 Å². The number of hydrogen-bond acceptors (Lipinski definition) is 3. The molecule has 0 fully saturated rings. The zero-order valence-electron chi connectivity index (χ0n) is 11.4. The molecule has 1 aliphatic rings. The van der Waals surface area contributed by atoms with E-state index in [0.717, 1.165) is 5.56 Å². The average Bonchev–Trinajstić information content (AvgIpc) is 2.47. The zero-order chi connectivity index (χ0) is 14.9. The van der Waals surface area contributed by atoms with Crippen LogP contribution >= 0.6 is 0 Å². The molecule has 3 nitrogen and oxygen atoms in total. The minimum Gasteiger partial charge on any atom is -0.306 e. The third-order valence-corrected chi connectivity index (χ3v) is 5.57. The van der Waals surface area contributed by atoms with Crippen LogP contribution in [-0.4, -0.2) is 14.2 Å². The summed E-state index contributed by atoms with van der Waals surface area (Å²) in [5, 5.41) is 3.33. The van der Waals surface area contributed by atoms with E-state index in [0.29, 0.717) is 18.5 Å². The summed E-state index contributed by atoms with van der Waals surface area (Å²) in [4.78, 5) is 0.251. The molecule has 1 N–H and O–H groups in total. The van der Waals surface area contributed by atoms with Gasteiger partial charge in [0.05, 0.1) is 10.6 Å². The molecule has 1 unspecified atom stereocenters. The van der Waals surface area contributed by atoms with Gasteiger partial charge in [-0.15, -0.1) is 0 Å². The minimum atomic E-state index is -3.28. The second-order valence-electron chi connectivity index (χ2n) is 5.21. The second-order valence-corrected chi connectivity index (χ2v) is 7.29. The van der Waals surface area contributed by atoms with E-state index in [1.165, 1.54) is 18.2 Å². The Morgan fingerprint density at radius 1 is 1.14 bits per heavy atom. The van der Waals surface area contributed by atoms with Gasteiger partial charge in [0.25, 0.3) is 0 Å². The van der Waals surface area contributed by atoms with Crippen molar-refractivity contribution >= 4 is 9.84 Å². The van der Waals surface area contributed by atoms with E-state index < -0.39 is 15.7 Å². The Morgan fingerprint density at radius 2 is 1.90 bits per heavy atom. The third-order valence-electron chi connectivity index (χ3n) is 3.75. The van der Waals surface area contributed by atoms with Crippen LogP contribution < -0.4 is 5.32 Å². The standard InChI is InChI=1S/C16H16FNO2S/c17-13-6-7-16-14(10-13)15(8-9-21(16,19)20)18-11-12-4-2-1-3-5-12/h1-7,10,15,18H,8-9,11H2. The monoisotopic (exact) mass is 305 g/mol. The maximum absolute atomic E-state index is 13.5. The molecule has 0 aromatic heterocycles. The van der Waals surface area contributed by atoms with Crippen molar-refractivity contribution in [2.75, 3.05) is 5.75 Å². The van der Waals surface area contributed by atoms with E-state index in [4.69, 9.17) is 0 Å². The number of halogens is 1. The lowest BCUT2D eigenvalue weighted by atomic mass is 10.0. The molecule has 0 saturated heterocycles. The van der Waals surface area contributed by atoms with Crippen LogP contribution in [0, 0.1) is 5.82 Å². The van der Waals surface area contributed by atoms with E-state index >= 15 is 0 Å². The lowest BCUT2D eigenvalue weighted by Gasteiger charge is -2.26. The molecular weight excluding hydrogens is 289 g/mol. The molecule has 3 rings (SSSR count). The van der Waals surface area contributed by atoms with E-state index in [9.17, 15) is 12.8 Å². The van der Waals surface area contributed by atoms with Crippen LogP contribution in [0.4, 0.5) is 4.39 Å². The van der Waals surface area contributed by atoms with Gasteiger partial charge in [0.15, 0.2) is 9.84 Å². The first-order valence-electron chi connectivity index (χ1n) is 6.86. The van der Waals surface area contributed by atoms with Crippen LogP contribution in [0.2, 0.25) is 0 Å². The first-order chi connectivity index (χ1) is 10.1. The predicted octanol–water partition coefficient (Wildman–Crippen LogP) is 2.83. The summed E-state index contributed by atoms with van der Waals surface area (Å²) in [5.74, 6) is -0.310. The van der Waals surface area contributed by atoms with Gasteiger partial charge < -0.3 is 5.32 Å². The molecular formula is C16H16FNO2S. The van der Waals surface area contributed by atoms with Gasteiger partial charge in [-0.3, -0.25) is 0 Å². The van der Waals surface area contributed by atoms with Gasteiger partial charge in [-0.05, 0) is 35.7 Å². The Labute approximate surface area is 123 Å². The molecule has 0 bridgehead atoms. The number of benzene rings is 2. The van der Waals surface area contributed by atoms with E-state index in [1.807, 2.05) is 30.3 Å². The first-order valence-corrected chi connectivity index (χ1v) is 8.51. The Hall–Kier alpha value is -1.72. The molecule has 0 radical (unpaired) electrons. The molecule has 21 heavy (non-hydrogen) atoms. The highest BCUT2D eigenvalue weighted by Gasteiger charge is 2.30. The highest BCUT2D eigenvalue weighted by atomic mass is 32.2. The topological polar surface area (TPSA) is 46.2 Å². The van der Waals surface area contributed by atoms with Gasteiger partial charge in [-0.25, -0.2) is 12.8 Å². The zero-order valence-corrected chi connectivity index (χ0v) is 12.2. The van der Waals surface area contributed by atoms with E-state index in [-0.39, 0.29) is 16.7 Å². The SMILES string of the molecule is O=S1(=O)CCC(NCc2ccccc2)c2cc(F)ccc21. The van der Waals surface area contributed by atoms with Crippen LogP contribution in [-0.2, 0) is 16.4 Å². The molecule has 2 aromatic rings. The van der Waals surface area contributed by atoms with Crippen LogP contribution in [0.25, 0.3) is 0 Å². The summed E-state index contributed by atoms with van der Waals surface area (Å²) in [6.45, 7) is 0.626. The summed E-state index contributed by atoms with van der Waals surface area (Å²) >= 11 is 0. The highest BCUT2D eigenvalue weighted by molar-refractivity contribution is 7.91. The van der Waals surface area contributed by atoms with Crippen molar-refractivity contribution < 1.29 is 12.8 Å². The number of sulfone groups is 1. The summed E-state index contributed by atoms with van der Waals surface area (Å²) in [6.07, 6.45) is 0.464. The van der Waals surface area contributed by atoms with Gasteiger partial charge in [0.2, 0.25) is 0 Å². The summed E-state index contributed by atoms with van der Waals surface area (Å²) in [6, 6.07) is 13.6. The fourth-order valence-corrected chi connectivity index (χ4v) is 4.26. The number of fused-ring (bicyclic) bond motifs is 1. The third kappa shape index (κ3) is 2.99. The van der Waals surface area contributed by atoms with E-state index in [1.54, 1.807) is 0 Å². The Bertz CT molecular complexity index is 744. The maximum Gasteiger partial charge on any atom is 0.178 e. The molecule has 0 saturated carbocycles. The van der Waals surface area contributed by atoms with Gasteiger partial charge in [0, 0.05) is 12.6 Å². The Kier molecular flexibility index (Phi) is 3.78. The highest BCUT2D eigenvalue weighted by Crippen LogP contribution is 2.32. The molecule has 110 valence electrons. The predicted molar refractivity (Wildman–Crippen MR) is 79.1 cm³/mol. The first kappa shape index (κ1) is 14.2. The quantitative estimate of drug-likeness (QED) is 0.887. The van der Waals surface area contributed by atoms with Gasteiger partial charge >= 0.3 is 0 Å². The number of nitrogens with one attached hydrogen (secondary N) is 1. The van der Waals surface area contributed by atoms with Crippen molar-refractivity contribution in [2.45, 2.75) is 23.9 Å². The molecule has 2 aromatic carbocycles. The van der Waals surface area contributed by atoms with Crippen LogP contribution in [0.15, 0.2) is 53.4 Å². The molecule has 0 aliphatic carbocycles. The lowest BCUT2D eigenvalue weighted by Crippen LogP contribution is -2.29. The van der Waals surface area contributed by atoms with Gasteiger partial charge in [0.1, 0.15) is 5.82 Å².